The minimum Gasteiger partial charge on any atom is -0.357 e. The van der Waals surface area contributed by atoms with Crippen LogP contribution in [0.2, 0.25) is 0 Å². The lowest BCUT2D eigenvalue weighted by Gasteiger charge is -2.12. The van der Waals surface area contributed by atoms with Crippen LogP contribution in [0.4, 0.5) is 0 Å². The lowest BCUT2D eigenvalue weighted by molar-refractivity contribution is 0.534. The van der Waals surface area contributed by atoms with Gasteiger partial charge in [0.15, 0.2) is 11.8 Å². The number of nitrogens with zero attached hydrogens (tertiary/aromatic N) is 4. The van der Waals surface area contributed by atoms with E-state index in [4.69, 9.17) is 4.99 Å². The molecule has 24 heavy (non-hydrogen) atoms. The highest BCUT2D eigenvalue weighted by Gasteiger charge is 2.14. The van der Waals surface area contributed by atoms with Crippen LogP contribution < -0.4 is 10.6 Å². The lowest BCUT2D eigenvalue weighted by Crippen LogP contribution is -2.37. The highest BCUT2D eigenvalue weighted by molar-refractivity contribution is 5.79. The van der Waals surface area contributed by atoms with Gasteiger partial charge in [-0.05, 0) is 32.1 Å². The molecule has 0 fully saturated rings. The molecule has 136 valence electrons. The molecule has 1 aromatic rings. The van der Waals surface area contributed by atoms with E-state index in [9.17, 15) is 0 Å². The highest BCUT2D eigenvalue weighted by atomic mass is 15.3. The zero-order chi connectivity index (χ0) is 17.2. The molecule has 0 amide bonds. The molecule has 1 aliphatic rings. The second kappa shape index (κ2) is 10.3. The van der Waals surface area contributed by atoms with Gasteiger partial charge in [-0.15, -0.1) is 10.2 Å². The van der Waals surface area contributed by atoms with E-state index >= 15 is 0 Å². The Morgan fingerprint density at radius 2 is 2.04 bits per heavy atom. The maximum absolute atomic E-state index is 4.70. The van der Waals surface area contributed by atoms with Crippen molar-refractivity contribution in [2.75, 3.05) is 13.1 Å². The zero-order valence-electron chi connectivity index (χ0n) is 15.6. The van der Waals surface area contributed by atoms with Crippen LogP contribution in [0.3, 0.4) is 0 Å². The van der Waals surface area contributed by atoms with Gasteiger partial charge in [-0.25, -0.2) is 4.99 Å². The zero-order valence-corrected chi connectivity index (χ0v) is 15.6. The Morgan fingerprint density at radius 3 is 2.83 bits per heavy atom. The van der Waals surface area contributed by atoms with Crippen molar-refractivity contribution in [3.05, 3.63) is 11.6 Å². The second-order valence-electron chi connectivity index (χ2n) is 7.01. The Balaban J connectivity index is 1.85. The Morgan fingerprint density at radius 1 is 1.17 bits per heavy atom. The van der Waals surface area contributed by atoms with Gasteiger partial charge in [-0.1, -0.05) is 33.1 Å². The van der Waals surface area contributed by atoms with E-state index in [0.717, 1.165) is 49.6 Å². The summed E-state index contributed by atoms with van der Waals surface area (Å²) in [6.07, 6.45) is 8.52. The molecule has 2 N–H and O–H groups in total. The summed E-state index contributed by atoms with van der Waals surface area (Å²) in [5, 5.41) is 15.4. The molecule has 0 atom stereocenters. The van der Waals surface area contributed by atoms with Crippen molar-refractivity contribution in [2.45, 2.75) is 78.8 Å². The largest absolute Gasteiger partial charge is 0.357 e. The number of fused-ring (bicyclic) bond motifs is 1. The van der Waals surface area contributed by atoms with E-state index in [2.05, 4.69) is 46.2 Å². The summed E-state index contributed by atoms with van der Waals surface area (Å²) in [7, 11) is 0. The number of rotatable bonds is 8. The molecule has 0 saturated carbocycles. The van der Waals surface area contributed by atoms with Crippen molar-refractivity contribution in [3.8, 4) is 0 Å². The Hall–Kier alpha value is -1.59. The smallest absolute Gasteiger partial charge is 0.191 e. The predicted molar refractivity (Wildman–Crippen MR) is 99.1 cm³/mol. The summed E-state index contributed by atoms with van der Waals surface area (Å²) in [5.41, 5.74) is 0. The van der Waals surface area contributed by atoms with E-state index in [-0.39, 0.29) is 0 Å². The first-order valence-electron chi connectivity index (χ1n) is 9.63. The van der Waals surface area contributed by atoms with Gasteiger partial charge in [-0.2, -0.15) is 0 Å². The van der Waals surface area contributed by atoms with Crippen molar-refractivity contribution in [3.63, 3.8) is 0 Å². The summed E-state index contributed by atoms with van der Waals surface area (Å²) < 4.78 is 2.27. The third-order valence-electron chi connectivity index (χ3n) is 4.41. The monoisotopic (exact) mass is 334 g/mol. The first-order chi connectivity index (χ1) is 11.7. The van der Waals surface area contributed by atoms with Crippen molar-refractivity contribution in [2.24, 2.45) is 10.9 Å². The van der Waals surface area contributed by atoms with Crippen LogP contribution in [-0.4, -0.2) is 33.8 Å². The predicted octanol–water partition coefficient (Wildman–Crippen LogP) is 2.89. The number of aromatic nitrogens is 3. The van der Waals surface area contributed by atoms with Crippen molar-refractivity contribution < 1.29 is 0 Å². The summed E-state index contributed by atoms with van der Waals surface area (Å²) in [4.78, 5) is 4.70. The van der Waals surface area contributed by atoms with Crippen molar-refractivity contribution in [1.29, 1.82) is 0 Å². The first-order valence-corrected chi connectivity index (χ1v) is 9.63. The van der Waals surface area contributed by atoms with E-state index < -0.39 is 0 Å². The average molecular weight is 335 g/mol. The standard InChI is InChI=1S/C18H34N6/c1-4-19-18(20-12-8-7-10-15(2)3)21-14-17-23-22-16-11-6-5-9-13-24(16)17/h15H,4-14H2,1-3H3,(H2,19,20,21). The molecular formula is C18H34N6. The number of unbranched alkanes of at least 4 members (excludes halogenated alkanes) is 1. The normalized spacial score (nSPS) is 15.2. The van der Waals surface area contributed by atoms with Crippen LogP contribution >= 0.6 is 0 Å². The third-order valence-corrected chi connectivity index (χ3v) is 4.41. The minimum absolute atomic E-state index is 0.592. The van der Waals surface area contributed by atoms with E-state index in [0.29, 0.717) is 6.54 Å². The molecule has 6 nitrogen and oxygen atoms in total. The molecule has 0 radical (unpaired) electrons. The molecule has 0 aromatic carbocycles. The molecule has 6 heteroatoms. The van der Waals surface area contributed by atoms with Gasteiger partial charge >= 0.3 is 0 Å². The van der Waals surface area contributed by atoms with Crippen molar-refractivity contribution >= 4 is 5.96 Å². The molecule has 0 saturated heterocycles. The molecule has 1 aromatic heterocycles. The maximum Gasteiger partial charge on any atom is 0.191 e. The van der Waals surface area contributed by atoms with Gasteiger partial charge in [0.05, 0.1) is 0 Å². The quantitative estimate of drug-likeness (QED) is 0.436. The SMILES string of the molecule is CCNC(=NCc1nnc2n1CCCCC2)NCCCCC(C)C. The summed E-state index contributed by atoms with van der Waals surface area (Å²) >= 11 is 0. The van der Waals surface area contributed by atoms with Crippen LogP contribution in [0.5, 0.6) is 0 Å². The second-order valence-corrected chi connectivity index (χ2v) is 7.01. The molecule has 0 bridgehead atoms. The van der Waals surface area contributed by atoms with E-state index in [1.807, 2.05) is 0 Å². The highest BCUT2D eigenvalue weighted by Crippen LogP contribution is 2.14. The number of nitrogens with one attached hydrogen (secondary N) is 2. The van der Waals surface area contributed by atoms with Crippen LogP contribution in [0.15, 0.2) is 4.99 Å². The molecule has 2 heterocycles. The molecule has 0 spiro atoms. The number of hydrogen-bond acceptors (Lipinski definition) is 3. The summed E-state index contributed by atoms with van der Waals surface area (Å²) in [6.45, 7) is 10.1. The Bertz CT molecular complexity index is 506. The lowest BCUT2D eigenvalue weighted by atomic mass is 10.1. The number of hydrogen-bond donors (Lipinski definition) is 2. The Kier molecular flexibility index (Phi) is 8.05. The van der Waals surface area contributed by atoms with Gasteiger partial charge in [-0.3, -0.25) is 0 Å². The molecule has 0 aliphatic carbocycles. The van der Waals surface area contributed by atoms with Crippen LogP contribution in [0.1, 0.15) is 70.9 Å². The fourth-order valence-corrected chi connectivity index (χ4v) is 3.04. The molecule has 1 aliphatic heterocycles. The topological polar surface area (TPSA) is 67.1 Å². The van der Waals surface area contributed by atoms with Gasteiger partial charge in [0.25, 0.3) is 0 Å². The van der Waals surface area contributed by atoms with Crippen LogP contribution in [-0.2, 0) is 19.5 Å². The minimum atomic E-state index is 0.592. The number of guanidine groups is 1. The van der Waals surface area contributed by atoms with Gasteiger partial charge < -0.3 is 15.2 Å². The number of aliphatic imine (C=N–C) groups is 1. The Labute approximate surface area is 146 Å². The van der Waals surface area contributed by atoms with E-state index in [1.54, 1.807) is 0 Å². The van der Waals surface area contributed by atoms with Crippen molar-refractivity contribution in [1.82, 2.24) is 25.4 Å². The molecular weight excluding hydrogens is 300 g/mol. The summed E-state index contributed by atoms with van der Waals surface area (Å²) in [6, 6.07) is 0. The van der Waals surface area contributed by atoms with Gasteiger partial charge in [0, 0.05) is 26.1 Å². The molecule has 2 rings (SSSR count). The van der Waals surface area contributed by atoms with E-state index in [1.165, 1.54) is 38.5 Å². The third kappa shape index (κ3) is 6.13. The molecule has 0 unspecified atom stereocenters. The fourth-order valence-electron chi connectivity index (χ4n) is 3.04. The maximum atomic E-state index is 4.70. The number of aryl methyl sites for hydroxylation is 1. The first kappa shape index (κ1) is 18.7. The average Bonchev–Trinajstić information content (AvgIpc) is 2.78. The van der Waals surface area contributed by atoms with Gasteiger partial charge in [0.1, 0.15) is 12.4 Å². The van der Waals surface area contributed by atoms with Crippen LogP contribution in [0, 0.1) is 5.92 Å². The van der Waals surface area contributed by atoms with Gasteiger partial charge in [0.2, 0.25) is 0 Å². The fraction of sp³-hybridized carbons (Fsp3) is 0.833. The van der Waals surface area contributed by atoms with Crippen LogP contribution in [0.25, 0.3) is 0 Å². The summed E-state index contributed by atoms with van der Waals surface area (Å²) in [5.74, 6) is 3.79.